The van der Waals surface area contributed by atoms with Crippen molar-refractivity contribution in [2.24, 2.45) is 5.92 Å². The van der Waals surface area contributed by atoms with E-state index in [0.717, 1.165) is 25.5 Å². The predicted octanol–water partition coefficient (Wildman–Crippen LogP) is 2.77. The molecule has 2 atom stereocenters. The first kappa shape index (κ1) is 13.4. The van der Waals surface area contributed by atoms with Gasteiger partial charge in [0.1, 0.15) is 5.75 Å². The van der Waals surface area contributed by atoms with Crippen LogP contribution in [0.5, 0.6) is 5.75 Å². The van der Waals surface area contributed by atoms with Crippen molar-refractivity contribution in [3.63, 3.8) is 0 Å². The quantitative estimate of drug-likeness (QED) is 0.890. The largest absolute Gasteiger partial charge is 0.493 e. The summed E-state index contributed by atoms with van der Waals surface area (Å²) in [7, 11) is 0. The van der Waals surface area contributed by atoms with Crippen LogP contribution in [0.15, 0.2) is 24.3 Å². The Balaban J connectivity index is 1.91. The molecule has 3 nitrogen and oxygen atoms in total. The van der Waals surface area contributed by atoms with Crippen LogP contribution >= 0.6 is 0 Å². The van der Waals surface area contributed by atoms with Gasteiger partial charge in [-0.25, -0.2) is 0 Å². The zero-order chi connectivity index (χ0) is 13.0. The minimum Gasteiger partial charge on any atom is -0.493 e. The molecule has 100 valence electrons. The zero-order valence-electron chi connectivity index (χ0n) is 11.5. The van der Waals surface area contributed by atoms with Crippen LogP contribution in [0.3, 0.4) is 0 Å². The molecule has 0 amide bonds. The van der Waals surface area contributed by atoms with Crippen molar-refractivity contribution in [1.29, 1.82) is 0 Å². The van der Waals surface area contributed by atoms with Crippen molar-refractivity contribution < 1.29 is 9.47 Å². The molecule has 0 spiro atoms. The molecule has 18 heavy (non-hydrogen) atoms. The summed E-state index contributed by atoms with van der Waals surface area (Å²) >= 11 is 0. The molecule has 1 fully saturated rings. The Kier molecular flexibility index (Phi) is 4.61. The number of rotatable bonds is 4. The Labute approximate surface area is 109 Å². The third kappa shape index (κ3) is 3.72. The molecule has 0 aliphatic carbocycles. The summed E-state index contributed by atoms with van der Waals surface area (Å²) in [4.78, 5) is 0. The van der Waals surface area contributed by atoms with Gasteiger partial charge in [-0.2, -0.15) is 0 Å². The third-order valence-electron chi connectivity index (χ3n) is 3.03. The standard InChI is InChI=1S/C15H23NO2/c1-11(2)9-17-14-6-4-13(5-7-14)15-8-16-12(3)10-18-15/h4-7,11-12,15-16H,8-10H2,1-3H3. The van der Waals surface area contributed by atoms with Gasteiger partial charge in [-0.05, 0) is 30.5 Å². The summed E-state index contributed by atoms with van der Waals surface area (Å²) in [5, 5.41) is 3.43. The minimum absolute atomic E-state index is 0.167. The molecule has 1 saturated heterocycles. The van der Waals surface area contributed by atoms with Crippen LogP contribution in [0.4, 0.5) is 0 Å². The van der Waals surface area contributed by atoms with Crippen molar-refractivity contribution in [3.05, 3.63) is 29.8 Å². The third-order valence-corrected chi connectivity index (χ3v) is 3.03. The lowest BCUT2D eigenvalue weighted by molar-refractivity contribution is 0.00692. The monoisotopic (exact) mass is 249 g/mol. The van der Waals surface area contributed by atoms with Gasteiger partial charge in [0, 0.05) is 12.6 Å². The lowest BCUT2D eigenvalue weighted by Crippen LogP contribution is -2.40. The van der Waals surface area contributed by atoms with E-state index >= 15 is 0 Å². The fourth-order valence-corrected chi connectivity index (χ4v) is 1.94. The second kappa shape index (κ2) is 6.21. The first-order chi connectivity index (χ1) is 8.65. The molecule has 1 aliphatic rings. The minimum atomic E-state index is 0.167. The van der Waals surface area contributed by atoms with E-state index in [0.29, 0.717) is 12.0 Å². The van der Waals surface area contributed by atoms with Gasteiger partial charge in [0.2, 0.25) is 0 Å². The normalized spacial score (nSPS) is 24.2. The van der Waals surface area contributed by atoms with E-state index in [2.05, 4.69) is 38.2 Å². The molecule has 2 unspecified atom stereocenters. The van der Waals surface area contributed by atoms with Crippen LogP contribution in [-0.2, 0) is 4.74 Å². The van der Waals surface area contributed by atoms with Crippen LogP contribution in [0.2, 0.25) is 0 Å². The second-order valence-corrected chi connectivity index (χ2v) is 5.41. The van der Waals surface area contributed by atoms with Crippen molar-refractivity contribution in [3.8, 4) is 5.75 Å². The summed E-state index contributed by atoms with van der Waals surface area (Å²) in [6, 6.07) is 8.70. The smallest absolute Gasteiger partial charge is 0.119 e. The molecular weight excluding hydrogens is 226 g/mol. The number of ether oxygens (including phenoxy) is 2. The average Bonchev–Trinajstić information content (AvgIpc) is 2.38. The van der Waals surface area contributed by atoms with Crippen LogP contribution in [0, 0.1) is 5.92 Å². The first-order valence-corrected chi connectivity index (χ1v) is 6.73. The Morgan fingerprint density at radius 2 is 2.06 bits per heavy atom. The van der Waals surface area contributed by atoms with Gasteiger partial charge in [-0.1, -0.05) is 26.0 Å². The maximum absolute atomic E-state index is 5.81. The van der Waals surface area contributed by atoms with Crippen LogP contribution in [0.1, 0.15) is 32.4 Å². The van der Waals surface area contributed by atoms with E-state index in [1.807, 2.05) is 12.1 Å². The van der Waals surface area contributed by atoms with Crippen molar-refractivity contribution >= 4 is 0 Å². The Hall–Kier alpha value is -1.06. The fraction of sp³-hybridized carbons (Fsp3) is 0.600. The van der Waals surface area contributed by atoms with Crippen molar-refractivity contribution in [1.82, 2.24) is 5.32 Å². The van der Waals surface area contributed by atoms with E-state index in [1.165, 1.54) is 5.56 Å². The highest BCUT2D eigenvalue weighted by Gasteiger charge is 2.19. The van der Waals surface area contributed by atoms with Gasteiger partial charge in [0.25, 0.3) is 0 Å². The van der Waals surface area contributed by atoms with Gasteiger partial charge in [-0.3, -0.25) is 0 Å². The van der Waals surface area contributed by atoms with Gasteiger partial charge < -0.3 is 14.8 Å². The lowest BCUT2D eigenvalue weighted by atomic mass is 10.1. The maximum Gasteiger partial charge on any atom is 0.119 e. The molecule has 0 bridgehead atoms. The van der Waals surface area contributed by atoms with E-state index in [-0.39, 0.29) is 6.10 Å². The topological polar surface area (TPSA) is 30.5 Å². The molecule has 1 N–H and O–H groups in total. The van der Waals surface area contributed by atoms with Gasteiger partial charge in [0.05, 0.1) is 19.3 Å². The van der Waals surface area contributed by atoms with Crippen LogP contribution < -0.4 is 10.1 Å². The second-order valence-electron chi connectivity index (χ2n) is 5.41. The number of morpholine rings is 1. The molecule has 0 aromatic heterocycles. The highest BCUT2D eigenvalue weighted by Crippen LogP contribution is 2.22. The Morgan fingerprint density at radius 3 is 2.61 bits per heavy atom. The van der Waals surface area contributed by atoms with E-state index in [1.54, 1.807) is 0 Å². The fourth-order valence-electron chi connectivity index (χ4n) is 1.94. The van der Waals surface area contributed by atoms with Gasteiger partial charge in [-0.15, -0.1) is 0 Å². The number of nitrogens with one attached hydrogen (secondary N) is 1. The van der Waals surface area contributed by atoms with Crippen LogP contribution in [0.25, 0.3) is 0 Å². The molecule has 3 heteroatoms. The number of hydrogen-bond acceptors (Lipinski definition) is 3. The number of benzene rings is 1. The van der Waals surface area contributed by atoms with E-state index in [9.17, 15) is 0 Å². The molecular formula is C15H23NO2. The zero-order valence-corrected chi connectivity index (χ0v) is 11.5. The molecule has 1 heterocycles. The molecule has 1 aromatic rings. The predicted molar refractivity (Wildman–Crippen MR) is 72.9 cm³/mol. The summed E-state index contributed by atoms with van der Waals surface area (Å²) in [6.07, 6.45) is 0.167. The highest BCUT2D eigenvalue weighted by molar-refractivity contribution is 5.29. The molecule has 0 saturated carbocycles. The summed E-state index contributed by atoms with van der Waals surface area (Å²) in [5.41, 5.74) is 1.21. The molecule has 2 rings (SSSR count). The first-order valence-electron chi connectivity index (χ1n) is 6.73. The molecule has 1 aromatic carbocycles. The lowest BCUT2D eigenvalue weighted by Gasteiger charge is -2.28. The van der Waals surface area contributed by atoms with Gasteiger partial charge >= 0.3 is 0 Å². The Bertz CT molecular complexity index is 353. The van der Waals surface area contributed by atoms with E-state index in [4.69, 9.17) is 9.47 Å². The summed E-state index contributed by atoms with van der Waals surface area (Å²) in [6.45, 7) is 8.86. The number of hydrogen-bond donors (Lipinski definition) is 1. The van der Waals surface area contributed by atoms with Crippen molar-refractivity contribution in [2.75, 3.05) is 19.8 Å². The summed E-state index contributed by atoms with van der Waals surface area (Å²) < 4.78 is 11.5. The van der Waals surface area contributed by atoms with Gasteiger partial charge in [0.15, 0.2) is 0 Å². The average molecular weight is 249 g/mol. The maximum atomic E-state index is 5.81. The van der Waals surface area contributed by atoms with Crippen LogP contribution in [-0.4, -0.2) is 25.8 Å². The summed E-state index contributed by atoms with van der Waals surface area (Å²) in [5.74, 6) is 1.49. The van der Waals surface area contributed by atoms with Crippen molar-refractivity contribution in [2.45, 2.75) is 32.9 Å². The van der Waals surface area contributed by atoms with E-state index < -0.39 is 0 Å². The Morgan fingerprint density at radius 1 is 1.33 bits per heavy atom. The molecule has 1 aliphatic heterocycles. The molecule has 0 radical (unpaired) electrons. The highest BCUT2D eigenvalue weighted by atomic mass is 16.5. The SMILES string of the molecule is CC(C)COc1ccc(C2CNC(C)CO2)cc1.